The lowest BCUT2D eigenvalue weighted by molar-refractivity contribution is 0.103. The van der Waals surface area contributed by atoms with Crippen LogP contribution >= 0.6 is 11.6 Å². The number of ether oxygens (including phenoxy) is 1. The molecule has 0 amide bonds. The third-order valence-corrected chi connectivity index (χ3v) is 3.77. The van der Waals surface area contributed by atoms with Crippen LogP contribution in [0.2, 0.25) is 5.02 Å². The minimum atomic E-state index is -0.341. The summed E-state index contributed by atoms with van der Waals surface area (Å²) in [6.45, 7) is 2.38. The molecular formula is C18H14ClNO3. The van der Waals surface area contributed by atoms with Crippen LogP contribution < -0.4 is 10.2 Å². The maximum Gasteiger partial charge on any atom is 0.200 e. The summed E-state index contributed by atoms with van der Waals surface area (Å²) in [4.78, 5) is 28.2. The Hall–Kier alpha value is -2.59. The van der Waals surface area contributed by atoms with Crippen molar-refractivity contribution in [2.24, 2.45) is 0 Å². The maximum atomic E-state index is 12.6. The number of aromatic amines is 1. The zero-order chi connectivity index (χ0) is 16.4. The number of nitrogens with one attached hydrogen (secondary N) is 1. The Kier molecular flexibility index (Phi) is 4.17. The van der Waals surface area contributed by atoms with Crippen molar-refractivity contribution in [3.63, 3.8) is 0 Å². The lowest BCUT2D eigenvalue weighted by Gasteiger charge is -2.06. The Labute approximate surface area is 137 Å². The van der Waals surface area contributed by atoms with E-state index >= 15 is 0 Å². The van der Waals surface area contributed by atoms with Crippen molar-refractivity contribution in [1.82, 2.24) is 4.98 Å². The molecule has 0 bridgehead atoms. The van der Waals surface area contributed by atoms with E-state index in [-0.39, 0.29) is 16.8 Å². The first-order valence-corrected chi connectivity index (χ1v) is 7.56. The van der Waals surface area contributed by atoms with Crippen molar-refractivity contribution in [3.05, 3.63) is 75.0 Å². The number of pyridine rings is 1. The van der Waals surface area contributed by atoms with Gasteiger partial charge in [-0.25, -0.2) is 0 Å². The number of ketones is 1. The van der Waals surface area contributed by atoms with Crippen LogP contribution in [0, 0.1) is 0 Å². The van der Waals surface area contributed by atoms with Crippen LogP contribution in [-0.4, -0.2) is 17.4 Å². The Morgan fingerprint density at radius 1 is 1.17 bits per heavy atom. The number of rotatable bonds is 4. The Bertz CT molecular complexity index is 929. The van der Waals surface area contributed by atoms with Gasteiger partial charge in [-0.3, -0.25) is 9.59 Å². The summed E-state index contributed by atoms with van der Waals surface area (Å²) in [7, 11) is 0. The number of carbonyl (C=O) groups is 1. The zero-order valence-corrected chi connectivity index (χ0v) is 13.2. The molecule has 0 fully saturated rings. The van der Waals surface area contributed by atoms with Gasteiger partial charge in [0.25, 0.3) is 0 Å². The van der Waals surface area contributed by atoms with Crippen molar-refractivity contribution >= 4 is 28.3 Å². The molecule has 0 aliphatic rings. The first-order valence-electron chi connectivity index (χ1n) is 7.18. The normalized spacial score (nSPS) is 10.7. The standard InChI is InChI=1S/C18H14ClNO3/c1-2-23-13-7-8-16-14(9-13)18(22)15(10-20-16)17(21)11-3-5-12(19)6-4-11/h3-10H,2H2,1H3,(H,20,22). The fourth-order valence-corrected chi connectivity index (χ4v) is 2.51. The average molecular weight is 328 g/mol. The second kappa shape index (κ2) is 6.26. The molecule has 4 nitrogen and oxygen atoms in total. The van der Waals surface area contributed by atoms with Crippen LogP contribution in [0.3, 0.4) is 0 Å². The molecule has 5 heteroatoms. The van der Waals surface area contributed by atoms with Crippen molar-refractivity contribution < 1.29 is 9.53 Å². The molecule has 0 atom stereocenters. The van der Waals surface area contributed by atoms with Gasteiger partial charge in [0.1, 0.15) is 5.75 Å². The van der Waals surface area contributed by atoms with E-state index in [9.17, 15) is 9.59 Å². The van der Waals surface area contributed by atoms with Crippen molar-refractivity contribution in [2.45, 2.75) is 6.92 Å². The summed E-state index contributed by atoms with van der Waals surface area (Å²) >= 11 is 5.83. The number of aromatic nitrogens is 1. The molecule has 0 spiro atoms. The SMILES string of the molecule is CCOc1ccc2[nH]cc(C(=O)c3ccc(Cl)cc3)c(=O)c2c1. The highest BCUT2D eigenvalue weighted by Crippen LogP contribution is 2.18. The second-order valence-electron chi connectivity index (χ2n) is 5.01. The molecule has 3 rings (SSSR count). The number of H-pyrrole nitrogens is 1. The molecule has 1 N–H and O–H groups in total. The number of hydrogen-bond acceptors (Lipinski definition) is 3. The molecule has 2 aromatic carbocycles. The van der Waals surface area contributed by atoms with E-state index in [2.05, 4.69) is 4.98 Å². The maximum absolute atomic E-state index is 12.6. The molecule has 0 aliphatic carbocycles. The molecule has 23 heavy (non-hydrogen) atoms. The van der Waals surface area contributed by atoms with E-state index in [0.29, 0.717) is 33.8 Å². The minimum absolute atomic E-state index is 0.0912. The molecule has 0 unspecified atom stereocenters. The van der Waals surface area contributed by atoms with Crippen molar-refractivity contribution in [3.8, 4) is 5.75 Å². The van der Waals surface area contributed by atoms with Gasteiger partial charge in [0.2, 0.25) is 5.43 Å². The minimum Gasteiger partial charge on any atom is -0.494 e. The van der Waals surface area contributed by atoms with Crippen LogP contribution in [0.15, 0.2) is 53.5 Å². The van der Waals surface area contributed by atoms with Gasteiger partial charge < -0.3 is 9.72 Å². The molecule has 0 radical (unpaired) electrons. The summed E-state index contributed by atoms with van der Waals surface area (Å²) in [5, 5.41) is 0.964. The molecule has 0 saturated carbocycles. The van der Waals surface area contributed by atoms with Gasteiger partial charge >= 0.3 is 0 Å². The van der Waals surface area contributed by atoms with E-state index < -0.39 is 0 Å². The largest absolute Gasteiger partial charge is 0.494 e. The van der Waals surface area contributed by atoms with Crippen LogP contribution in [0.25, 0.3) is 10.9 Å². The van der Waals surface area contributed by atoms with Gasteiger partial charge in [-0.15, -0.1) is 0 Å². The van der Waals surface area contributed by atoms with E-state index in [1.165, 1.54) is 6.20 Å². The smallest absolute Gasteiger partial charge is 0.200 e. The molecular weight excluding hydrogens is 314 g/mol. The topological polar surface area (TPSA) is 59.2 Å². The summed E-state index contributed by atoms with van der Waals surface area (Å²) in [6, 6.07) is 11.6. The number of benzene rings is 2. The molecule has 1 heterocycles. The predicted octanol–water partition coefficient (Wildman–Crippen LogP) is 3.81. The highest BCUT2D eigenvalue weighted by atomic mass is 35.5. The van der Waals surface area contributed by atoms with Gasteiger partial charge in [-0.05, 0) is 49.4 Å². The van der Waals surface area contributed by atoms with Gasteiger partial charge in [0.15, 0.2) is 5.78 Å². The number of hydrogen-bond donors (Lipinski definition) is 1. The number of fused-ring (bicyclic) bond motifs is 1. The molecule has 3 aromatic rings. The van der Waals surface area contributed by atoms with Crippen molar-refractivity contribution in [1.29, 1.82) is 0 Å². The summed E-state index contributed by atoms with van der Waals surface area (Å²) in [6.07, 6.45) is 1.45. The van der Waals surface area contributed by atoms with E-state index in [1.807, 2.05) is 6.92 Å². The lowest BCUT2D eigenvalue weighted by atomic mass is 10.0. The third kappa shape index (κ3) is 2.98. The fraction of sp³-hybridized carbons (Fsp3) is 0.111. The van der Waals surface area contributed by atoms with Gasteiger partial charge in [0, 0.05) is 27.7 Å². The van der Waals surface area contributed by atoms with Gasteiger partial charge in [-0.1, -0.05) is 11.6 Å². The first-order chi connectivity index (χ1) is 11.1. The second-order valence-corrected chi connectivity index (χ2v) is 5.44. The highest BCUT2D eigenvalue weighted by molar-refractivity contribution is 6.30. The van der Waals surface area contributed by atoms with Crippen LogP contribution in [-0.2, 0) is 0 Å². The predicted molar refractivity (Wildman–Crippen MR) is 90.6 cm³/mol. The zero-order valence-electron chi connectivity index (χ0n) is 12.4. The highest BCUT2D eigenvalue weighted by Gasteiger charge is 2.15. The average Bonchev–Trinajstić information content (AvgIpc) is 2.56. The lowest BCUT2D eigenvalue weighted by Crippen LogP contribution is -2.16. The van der Waals surface area contributed by atoms with Crippen LogP contribution in [0.5, 0.6) is 5.75 Å². The summed E-state index contributed by atoms with van der Waals surface area (Å²) < 4.78 is 5.41. The van der Waals surface area contributed by atoms with Crippen LogP contribution in [0.1, 0.15) is 22.8 Å². The monoisotopic (exact) mass is 327 g/mol. The Morgan fingerprint density at radius 3 is 2.61 bits per heavy atom. The van der Waals surface area contributed by atoms with E-state index in [1.54, 1.807) is 42.5 Å². The van der Waals surface area contributed by atoms with Gasteiger partial charge in [0.05, 0.1) is 12.2 Å². The molecule has 0 aliphatic heterocycles. The van der Waals surface area contributed by atoms with Gasteiger partial charge in [-0.2, -0.15) is 0 Å². The van der Waals surface area contributed by atoms with E-state index in [0.717, 1.165) is 0 Å². The first kappa shape index (κ1) is 15.3. The Balaban J connectivity index is 2.10. The van der Waals surface area contributed by atoms with Crippen molar-refractivity contribution in [2.75, 3.05) is 6.61 Å². The molecule has 1 aromatic heterocycles. The van der Waals surface area contributed by atoms with Crippen LogP contribution in [0.4, 0.5) is 0 Å². The van der Waals surface area contributed by atoms with E-state index in [4.69, 9.17) is 16.3 Å². The summed E-state index contributed by atoms with van der Waals surface area (Å²) in [5.41, 5.74) is 0.847. The Morgan fingerprint density at radius 2 is 1.91 bits per heavy atom. The molecule has 0 saturated heterocycles. The fourth-order valence-electron chi connectivity index (χ4n) is 2.38. The molecule has 116 valence electrons. The third-order valence-electron chi connectivity index (χ3n) is 3.51. The number of carbonyl (C=O) groups excluding carboxylic acids is 1. The number of halogens is 1. The summed E-state index contributed by atoms with van der Waals surface area (Å²) in [5.74, 6) is 0.258. The quantitative estimate of drug-likeness (QED) is 0.741.